The number of carbonyl (C=O) groups excluding carboxylic acids is 1. The Bertz CT molecular complexity index is 1290. The third kappa shape index (κ3) is 5.96. The molecule has 9 nitrogen and oxygen atoms in total. The van der Waals surface area contributed by atoms with Crippen molar-refractivity contribution in [1.82, 2.24) is 19.6 Å². The summed E-state index contributed by atoms with van der Waals surface area (Å²) in [5.41, 5.74) is 0.228. The van der Waals surface area contributed by atoms with Crippen molar-refractivity contribution < 1.29 is 17.9 Å². The Balaban J connectivity index is 1.81. The molecule has 0 saturated heterocycles. The van der Waals surface area contributed by atoms with E-state index >= 15 is 0 Å². The zero-order valence-corrected chi connectivity index (χ0v) is 19.8. The number of fused-ring (bicyclic) bond motifs is 1. The maximum atomic E-state index is 13.2. The first kappa shape index (κ1) is 24.4. The largest absolute Gasteiger partial charge is 0.497 e. The van der Waals surface area contributed by atoms with Gasteiger partial charge in [-0.2, -0.15) is 4.72 Å². The third-order valence-electron chi connectivity index (χ3n) is 5.10. The number of rotatable bonds is 9. The van der Waals surface area contributed by atoms with E-state index in [1.54, 1.807) is 43.4 Å². The summed E-state index contributed by atoms with van der Waals surface area (Å²) in [5, 5.41) is 0.458. The second kappa shape index (κ2) is 10.1. The minimum atomic E-state index is -3.94. The van der Waals surface area contributed by atoms with Crippen molar-refractivity contribution in [2.45, 2.75) is 37.8 Å². The van der Waals surface area contributed by atoms with E-state index in [1.807, 2.05) is 13.8 Å². The van der Waals surface area contributed by atoms with Gasteiger partial charge < -0.3 is 14.6 Å². The fourth-order valence-corrected chi connectivity index (χ4v) is 4.66. The van der Waals surface area contributed by atoms with Crippen molar-refractivity contribution in [3.05, 3.63) is 64.7 Å². The summed E-state index contributed by atoms with van der Waals surface area (Å²) in [6.07, 6.45) is 0.306. The number of sulfonamides is 1. The number of carbonyl (C=O) groups is 1. The molecule has 10 heteroatoms. The Hall–Kier alpha value is -3.24. The van der Waals surface area contributed by atoms with Gasteiger partial charge >= 0.3 is 0 Å². The number of aromatic amines is 1. The molecule has 176 valence electrons. The van der Waals surface area contributed by atoms with Crippen molar-refractivity contribution in [3.8, 4) is 5.75 Å². The normalized spacial score (nSPS) is 12.6. The summed E-state index contributed by atoms with van der Waals surface area (Å²) in [7, 11) is -0.903. The predicted molar refractivity (Wildman–Crippen MR) is 125 cm³/mol. The molecule has 1 amide bonds. The van der Waals surface area contributed by atoms with Crippen molar-refractivity contribution in [3.63, 3.8) is 0 Å². The molecule has 0 aliphatic rings. The molecule has 1 aromatic heterocycles. The average molecular weight is 473 g/mol. The van der Waals surface area contributed by atoms with E-state index in [9.17, 15) is 18.0 Å². The molecule has 0 aliphatic carbocycles. The monoisotopic (exact) mass is 472 g/mol. The molecular weight excluding hydrogens is 444 g/mol. The molecule has 3 rings (SSSR count). The highest BCUT2D eigenvalue weighted by Crippen LogP contribution is 2.18. The van der Waals surface area contributed by atoms with Crippen molar-refractivity contribution in [1.29, 1.82) is 0 Å². The number of likely N-dealkylation sites (N-methyl/N-ethyl adjacent to an activating group) is 1. The molecule has 2 aromatic carbocycles. The van der Waals surface area contributed by atoms with Crippen LogP contribution in [0.4, 0.5) is 0 Å². The number of ether oxygens (including phenoxy) is 1. The lowest BCUT2D eigenvalue weighted by Gasteiger charge is -2.25. The van der Waals surface area contributed by atoms with Crippen LogP contribution in [0.1, 0.15) is 26.1 Å². The number of hydrogen-bond donors (Lipinski definition) is 2. The number of H-pyrrole nitrogens is 1. The Morgan fingerprint density at radius 3 is 2.45 bits per heavy atom. The molecule has 0 aliphatic heterocycles. The van der Waals surface area contributed by atoms with Crippen LogP contribution in [0.3, 0.4) is 0 Å². The summed E-state index contributed by atoms with van der Waals surface area (Å²) in [6, 6.07) is 11.9. The van der Waals surface area contributed by atoms with Crippen molar-refractivity contribution in [2.75, 3.05) is 14.2 Å². The van der Waals surface area contributed by atoms with Gasteiger partial charge in [-0.1, -0.05) is 26.0 Å². The number of hydrogen-bond acceptors (Lipinski definition) is 6. The topological polar surface area (TPSA) is 121 Å². The van der Waals surface area contributed by atoms with Gasteiger partial charge in [-0.3, -0.25) is 9.59 Å². The van der Waals surface area contributed by atoms with Crippen LogP contribution < -0.4 is 15.0 Å². The molecule has 0 unspecified atom stereocenters. The van der Waals surface area contributed by atoms with Crippen LogP contribution in [-0.4, -0.2) is 49.4 Å². The summed E-state index contributed by atoms with van der Waals surface area (Å²) in [6.45, 7) is 3.84. The number of nitrogens with one attached hydrogen (secondary N) is 2. The Morgan fingerprint density at radius 1 is 1.15 bits per heavy atom. The van der Waals surface area contributed by atoms with Crippen LogP contribution >= 0.6 is 0 Å². The Morgan fingerprint density at radius 2 is 1.82 bits per heavy atom. The zero-order valence-electron chi connectivity index (χ0n) is 19.0. The fraction of sp³-hybridized carbons (Fsp3) is 0.348. The highest BCUT2D eigenvalue weighted by molar-refractivity contribution is 7.89. The minimum absolute atomic E-state index is 0.0256. The van der Waals surface area contributed by atoms with Gasteiger partial charge in [0.2, 0.25) is 15.9 Å². The number of nitrogens with zero attached hydrogens (tertiary/aromatic N) is 2. The van der Waals surface area contributed by atoms with Crippen molar-refractivity contribution >= 4 is 26.8 Å². The van der Waals surface area contributed by atoms with E-state index < -0.39 is 22.0 Å². The van der Waals surface area contributed by atoms with Gasteiger partial charge in [0, 0.05) is 7.05 Å². The second-order valence-corrected chi connectivity index (χ2v) is 9.92. The van der Waals surface area contributed by atoms with Crippen molar-refractivity contribution in [2.24, 2.45) is 5.92 Å². The van der Waals surface area contributed by atoms with Gasteiger partial charge in [-0.05, 0) is 48.7 Å². The highest BCUT2D eigenvalue weighted by atomic mass is 32.2. The molecule has 3 aromatic rings. The van der Waals surface area contributed by atoms with Gasteiger partial charge in [0.1, 0.15) is 17.6 Å². The van der Waals surface area contributed by atoms with Gasteiger partial charge in [-0.25, -0.2) is 13.4 Å². The summed E-state index contributed by atoms with van der Waals surface area (Å²) >= 11 is 0. The van der Waals surface area contributed by atoms with E-state index in [2.05, 4.69) is 14.7 Å². The van der Waals surface area contributed by atoms with E-state index in [-0.39, 0.29) is 22.9 Å². The van der Waals surface area contributed by atoms with Gasteiger partial charge in [0.05, 0.1) is 29.5 Å². The average Bonchev–Trinajstić information content (AvgIpc) is 2.77. The molecule has 33 heavy (non-hydrogen) atoms. The van der Waals surface area contributed by atoms with Crippen LogP contribution in [0.15, 0.2) is 58.2 Å². The lowest BCUT2D eigenvalue weighted by atomic mass is 10.0. The maximum Gasteiger partial charge on any atom is 0.258 e. The lowest BCUT2D eigenvalue weighted by molar-refractivity contribution is -0.132. The molecule has 2 N–H and O–H groups in total. The number of aromatic nitrogens is 2. The maximum absolute atomic E-state index is 13.2. The zero-order chi connectivity index (χ0) is 24.2. The van der Waals surface area contributed by atoms with Gasteiger partial charge in [0.15, 0.2) is 0 Å². The number of benzene rings is 2. The Kier molecular flexibility index (Phi) is 7.50. The molecule has 0 spiro atoms. The lowest BCUT2D eigenvalue weighted by Crippen LogP contribution is -2.47. The molecule has 0 fully saturated rings. The second-order valence-electron chi connectivity index (χ2n) is 8.20. The quantitative estimate of drug-likeness (QED) is 0.493. The number of para-hydroxylation sites is 1. The standard InChI is InChI=1S/C23H28N4O5S/c1-15(2)13-20(26-33(30,31)17-11-9-16(32-4)10-12-17)23(29)27(3)14-21-24-19-8-6-5-7-18(19)22(28)25-21/h5-12,15,20,26H,13-14H2,1-4H3,(H,24,25,28)/t20-/m1/s1. The first-order chi connectivity index (χ1) is 15.6. The molecule has 0 radical (unpaired) electrons. The predicted octanol–water partition coefficient (Wildman–Crippen LogP) is 2.28. The van der Waals surface area contributed by atoms with E-state index in [0.717, 1.165) is 0 Å². The van der Waals surface area contributed by atoms with Gasteiger partial charge in [0.25, 0.3) is 5.56 Å². The molecule has 0 bridgehead atoms. The summed E-state index contributed by atoms with van der Waals surface area (Å²) in [5.74, 6) is 0.484. The fourth-order valence-electron chi connectivity index (χ4n) is 3.46. The third-order valence-corrected chi connectivity index (χ3v) is 6.59. The van der Waals surface area contributed by atoms with E-state index in [0.29, 0.717) is 28.9 Å². The van der Waals surface area contributed by atoms with Crippen LogP contribution in [-0.2, 0) is 21.4 Å². The van der Waals surface area contributed by atoms with Crippen LogP contribution in [0.25, 0.3) is 10.9 Å². The molecule has 1 atom stereocenters. The number of methoxy groups -OCH3 is 1. The summed E-state index contributed by atoms with van der Waals surface area (Å²) in [4.78, 5) is 34.0. The minimum Gasteiger partial charge on any atom is -0.497 e. The highest BCUT2D eigenvalue weighted by Gasteiger charge is 2.29. The van der Waals surface area contributed by atoms with E-state index in [1.165, 1.54) is 24.1 Å². The number of amides is 1. The van der Waals surface area contributed by atoms with Crippen LogP contribution in [0.5, 0.6) is 5.75 Å². The SMILES string of the molecule is COc1ccc(S(=O)(=O)N[C@H](CC(C)C)C(=O)N(C)Cc2nc3ccccc3c(=O)[nH]2)cc1. The Labute approximate surface area is 192 Å². The summed E-state index contributed by atoms with van der Waals surface area (Å²) < 4.78 is 33.4. The molecule has 0 saturated carbocycles. The smallest absolute Gasteiger partial charge is 0.258 e. The molecular formula is C23H28N4O5S. The van der Waals surface area contributed by atoms with Crippen LogP contribution in [0, 0.1) is 5.92 Å². The van der Waals surface area contributed by atoms with Crippen LogP contribution in [0.2, 0.25) is 0 Å². The first-order valence-corrected chi connectivity index (χ1v) is 12.0. The molecule has 1 heterocycles. The van der Waals surface area contributed by atoms with E-state index in [4.69, 9.17) is 4.74 Å². The van der Waals surface area contributed by atoms with Gasteiger partial charge in [-0.15, -0.1) is 0 Å². The first-order valence-electron chi connectivity index (χ1n) is 10.5.